The van der Waals surface area contributed by atoms with Gasteiger partial charge in [0.2, 0.25) is 0 Å². The number of hydrogen-bond donors (Lipinski definition) is 0. The molecule has 1 aromatic carbocycles. The number of hydrogen-bond acceptors (Lipinski definition) is 6. The Labute approximate surface area is 160 Å². The number of thiazole rings is 1. The highest BCUT2D eigenvalue weighted by atomic mass is 32.1. The van der Waals surface area contributed by atoms with Crippen molar-refractivity contribution in [1.82, 2.24) is 9.88 Å². The largest absolute Gasteiger partial charge is 0.494 e. The maximum absolute atomic E-state index is 12.0. The highest BCUT2D eigenvalue weighted by Gasteiger charge is 2.17. The van der Waals surface area contributed by atoms with Crippen molar-refractivity contribution in [2.45, 2.75) is 33.1 Å². The first kappa shape index (κ1) is 20.4. The fraction of sp³-hybridized carbons (Fsp3) is 0.500. The lowest BCUT2D eigenvalue weighted by Gasteiger charge is -2.10. The molecular formula is C20H28N2O3S. The third kappa shape index (κ3) is 6.11. The summed E-state index contributed by atoms with van der Waals surface area (Å²) in [7, 11) is 4.19. The van der Waals surface area contributed by atoms with E-state index in [1.54, 1.807) is 6.92 Å². The van der Waals surface area contributed by atoms with Gasteiger partial charge in [-0.1, -0.05) is 12.1 Å². The molecular weight excluding hydrogens is 348 g/mol. The lowest BCUT2D eigenvalue weighted by Crippen LogP contribution is -2.13. The van der Waals surface area contributed by atoms with Gasteiger partial charge in [0.25, 0.3) is 0 Å². The normalized spacial score (nSPS) is 11.0. The Balaban J connectivity index is 1.94. The van der Waals surface area contributed by atoms with Gasteiger partial charge in [-0.05, 0) is 65.9 Å². The summed E-state index contributed by atoms with van der Waals surface area (Å²) in [5, 5.41) is 0.807. The molecule has 26 heavy (non-hydrogen) atoms. The van der Waals surface area contributed by atoms with Crippen molar-refractivity contribution in [3.63, 3.8) is 0 Å². The second kappa shape index (κ2) is 10.3. The Bertz CT molecular complexity index is 713. The summed E-state index contributed by atoms with van der Waals surface area (Å²) in [6.45, 7) is 5.82. The smallest absolute Gasteiger partial charge is 0.350 e. The molecule has 0 atom stereocenters. The van der Waals surface area contributed by atoms with E-state index in [1.807, 2.05) is 31.2 Å². The second-order valence-electron chi connectivity index (χ2n) is 6.39. The number of unbranched alkanes of at least 4 members (excludes halogenated alkanes) is 2. The Hall–Kier alpha value is -1.92. The van der Waals surface area contributed by atoms with E-state index in [1.165, 1.54) is 17.8 Å². The Morgan fingerprint density at radius 2 is 2.04 bits per heavy atom. The number of aromatic nitrogens is 1. The van der Waals surface area contributed by atoms with Gasteiger partial charge in [-0.3, -0.25) is 0 Å². The molecule has 142 valence electrons. The highest BCUT2D eigenvalue weighted by molar-refractivity contribution is 7.17. The number of rotatable bonds is 10. The van der Waals surface area contributed by atoms with Crippen molar-refractivity contribution in [2.24, 2.45) is 0 Å². The van der Waals surface area contributed by atoms with E-state index in [9.17, 15) is 4.79 Å². The topological polar surface area (TPSA) is 51.7 Å². The van der Waals surface area contributed by atoms with Crippen molar-refractivity contribution in [3.8, 4) is 16.3 Å². The van der Waals surface area contributed by atoms with Crippen LogP contribution in [0.15, 0.2) is 24.3 Å². The minimum Gasteiger partial charge on any atom is -0.494 e. The monoisotopic (exact) mass is 376 g/mol. The molecule has 0 bridgehead atoms. The molecule has 6 heteroatoms. The molecule has 0 aliphatic carbocycles. The molecule has 2 rings (SSSR count). The molecule has 0 unspecified atom stereocenters. The van der Waals surface area contributed by atoms with Gasteiger partial charge in [-0.2, -0.15) is 0 Å². The van der Waals surface area contributed by atoms with Gasteiger partial charge in [0.05, 0.1) is 18.9 Å². The predicted molar refractivity (Wildman–Crippen MR) is 106 cm³/mol. The zero-order chi connectivity index (χ0) is 18.9. The van der Waals surface area contributed by atoms with Gasteiger partial charge in [-0.15, -0.1) is 11.3 Å². The summed E-state index contributed by atoms with van der Waals surface area (Å²) >= 11 is 1.36. The Kier molecular flexibility index (Phi) is 8.06. The van der Waals surface area contributed by atoms with Gasteiger partial charge in [-0.25, -0.2) is 9.78 Å². The maximum Gasteiger partial charge on any atom is 0.350 e. The van der Waals surface area contributed by atoms with Gasteiger partial charge in [0.15, 0.2) is 0 Å². The molecule has 0 saturated carbocycles. The highest BCUT2D eigenvalue weighted by Crippen LogP contribution is 2.30. The van der Waals surface area contributed by atoms with Crippen LogP contribution in [0, 0.1) is 6.92 Å². The van der Waals surface area contributed by atoms with Crippen LogP contribution in [0.25, 0.3) is 10.6 Å². The fourth-order valence-electron chi connectivity index (χ4n) is 2.52. The molecule has 0 saturated heterocycles. The summed E-state index contributed by atoms with van der Waals surface area (Å²) in [5.74, 6) is 0.527. The number of carbonyl (C=O) groups is 1. The lowest BCUT2D eigenvalue weighted by atomic mass is 10.2. The molecule has 0 aliphatic heterocycles. The number of esters is 1. The maximum atomic E-state index is 12.0. The van der Waals surface area contributed by atoms with Crippen LogP contribution in [0.1, 0.15) is 41.6 Å². The first-order chi connectivity index (χ1) is 12.5. The molecule has 0 spiro atoms. The first-order valence-corrected chi connectivity index (χ1v) is 9.85. The summed E-state index contributed by atoms with van der Waals surface area (Å²) in [4.78, 5) is 19.3. The molecule has 5 nitrogen and oxygen atoms in total. The minimum atomic E-state index is -0.307. The average molecular weight is 377 g/mol. The SMILES string of the molecule is CCOC(=O)c1sc(-c2cccc(OCCCCCN(C)C)c2)nc1C. The van der Waals surface area contributed by atoms with Crippen LogP contribution >= 0.6 is 11.3 Å². The van der Waals surface area contributed by atoms with Crippen molar-refractivity contribution in [2.75, 3.05) is 33.9 Å². The standard InChI is InChI=1S/C20H28N2O3S/c1-5-24-20(23)18-15(2)21-19(26-18)16-10-9-11-17(14-16)25-13-8-6-7-12-22(3)4/h9-11,14H,5-8,12-13H2,1-4H3. The minimum absolute atomic E-state index is 0.307. The Morgan fingerprint density at radius 1 is 1.23 bits per heavy atom. The van der Waals surface area contributed by atoms with Gasteiger partial charge in [0.1, 0.15) is 15.6 Å². The van der Waals surface area contributed by atoms with E-state index in [-0.39, 0.29) is 5.97 Å². The number of benzene rings is 1. The molecule has 0 N–H and O–H groups in total. The predicted octanol–water partition coefficient (Wildman–Crippen LogP) is 4.41. The van der Waals surface area contributed by atoms with Gasteiger partial charge < -0.3 is 14.4 Å². The number of ether oxygens (including phenoxy) is 2. The van der Waals surface area contributed by atoms with E-state index < -0.39 is 0 Å². The van der Waals surface area contributed by atoms with Crippen LogP contribution in [0.2, 0.25) is 0 Å². The molecule has 0 fully saturated rings. The van der Waals surface area contributed by atoms with Gasteiger partial charge >= 0.3 is 5.97 Å². The van der Waals surface area contributed by atoms with E-state index >= 15 is 0 Å². The summed E-state index contributed by atoms with van der Waals surface area (Å²) in [5.41, 5.74) is 1.66. The van der Waals surface area contributed by atoms with Crippen LogP contribution in [0.4, 0.5) is 0 Å². The van der Waals surface area contributed by atoms with E-state index in [0.717, 1.165) is 35.7 Å². The van der Waals surface area contributed by atoms with Crippen LogP contribution in [0.5, 0.6) is 5.75 Å². The third-order valence-corrected chi connectivity index (χ3v) is 5.04. The summed E-state index contributed by atoms with van der Waals surface area (Å²) in [6, 6.07) is 7.87. The summed E-state index contributed by atoms with van der Waals surface area (Å²) < 4.78 is 11.0. The second-order valence-corrected chi connectivity index (χ2v) is 7.39. The number of nitrogens with zero attached hydrogens (tertiary/aromatic N) is 2. The van der Waals surface area contributed by atoms with Crippen LogP contribution in [-0.4, -0.2) is 49.7 Å². The molecule has 0 aliphatic rings. The van der Waals surface area contributed by atoms with Crippen LogP contribution < -0.4 is 4.74 Å². The molecule has 1 aromatic heterocycles. The summed E-state index contributed by atoms with van der Waals surface area (Å²) in [6.07, 6.45) is 3.39. The van der Waals surface area contributed by atoms with Crippen LogP contribution in [-0.2, 0) is 4.74 Å². The molecule has 1 heterocycles. The van der Waals surface area contributed by atoms with Crippen molar-refractivity contribution < 1.29 is 14.3 Å². The average Bonchev–Trinajstić information content (AvgIpc) is 3.00. The quantitative estimate of drug-likeness (QED) is 0.454. The zero-order valence-corrected chi connectivity index (χ0v) is 16.9. The number of aryl methyl sites for hydroxylation is 1. The van der Waals surface area contributed by atoms with Crippen molar-refractivity contribution in [1.29, 1.82) is 0 Å². The zero-order valence-electron chi connectivity index (χ0n) is 16.1. The van der Waals surface area contributed by atoms with Crippen molar-refractivity contribution in [3.05, 3.63) is 34.8 Å². The number of carbonyl (C=O) groups excluding carboxylic acids is 1. The Morgan fingerprint density at radius 3 is 2.77 bits per heavy atom. The van der Waals surface area contributed by atoms with Crippen molar-refractivity contribution >= 4 is 17.3 Å². The van der Waals surface area contributed by atoms with E-state index in [4.69, 9.17) is 9.47 Å². The molecule has 2 aromatic rings. The molecule has 0 radical (unpaired) electrons. The van der Waals surface area contributed by atoms with Gasteiger partial charge in [0, 0.05) is 5.56 Å². The van der Waals surface area contributed by atoms with E-state index in [0.29, 0.717) is 23.8 Å². The van der Waals surface area contributed by atoms with E-state index in [2.05, 4.69) is 24.0 Å². The third-order valence-electron chi connectivity index (χ3n) is 3.86. The lowest BCUT2D eigenvalue weighted by molar-refractivity contribution is 0.0531. The molecule has 0 amide bonds. The first-order valence-electron chi connectivity index (χ1n) is 9.03. The van der Waals surface area contributed by atoms with Crippen LogP contribution in [0.3, 0.4) is 0 Å². The fourth-order valence-corrected chi connectivity index (χ4v) is 3.48.